The van der Waals surface area contributed by atoms with Crippen molar-refractivity contribution in [2.45, 2.75) is 38.1 Å². The summed E-state index contributed by atoms with van der Waals surface area (Å²) in [5.41, 5.74) is 5.65. The highest BCUT2D eigenvalue weighted by atomic mass is 79.9. The maximum atomic E-state index is 6.27. The molecule has 1 fully saturated rings. The van der Waals surface area contributed by atoms with Gasteiger partial charge in [-0.2, -0.15) is 0 Å². The second-order valence-electron chi connectivity index (χ2n) is 4.50. The zero-order valence-corrected chi connectivity index (χ0v) is 13.5. The minimum absolute atomic E-state index is 0.660. The SMILES string of the molecule is CN.CN(c1ccc(Br)cc1Cl)C1CCCCC1. The van der Waals surface area contributed by atoms with E-state index in [-0.39, 0.29) is 0 Å². The van der Waals surface area contributed by atoms with Crippen molar-refractivity contribution in [3.05, 3.63) is 27.7 Å². The predicted molar refractivity (Wildman–Crippen MR) is 84.5 cm³/mol. The Bertz CT molecular complexity index is 365. The number of rotatable bonds is 2. The lowest BCUT2D eigenvalue weighted by atomic mass is 9.94. The maximum Gasteiger partial charge on any atom is 0.0650 e. The van der Waals surface area contributed by atoms with Crippen molar-refractivity contribution >= 4 is 33.2 Å². The van der Waals surface area contributed by atoms with Gasteiger partial charge < -0.3 is 10.6 Å². The molecule has 0 saturated heterocycles. The van der Waals surface area contributed by atoms with Gasteiger partial charge in [-0.3, -0.25) is 0 Å². The van der Waals surface area contributed by atoms with Crippen molar-refractivity contribution in [1.29, 1.82) is 0 Å². The second kappa shape index (κ2) is 8.03. The monoisotopic (exact) mass is 332 g/mol. The van der Waals surface area contributed by atoms with Gasteiger partial charge in [0.25, 0.3) is 0 Å². The Morgan fingerprint density at radius 1 is 1.22 bits per heavy atom. The zero-order chi connectivity index (χ0) is 13.5. The van der Waals surface area contributed by atoms with E-state index < -0.39 is 0 Å². The average molecular weight is 334 g/mol. The Hall–Kier alpha value is -0.250. The summed E-state index contributed by atoms with van der Waals surface area (Å²) in [4.78, 5) is 2.34. The molecule has 1 aromatic carbocycles. The van der Waals surface area contributed by atoms with Gasteiger partial charge in [0.05, 0.1) is 10.7 Å². The fraction of sp³-hybridized carbons (Fsp3) is 0.571. The van der Waals surface area contributed by atoms with Crippen LogP contribution in [0.3, 0.4) is 0 Å². The number of nitrogens with two attached hydrogens (primary N) is 1. The molecule has 0 atom stereocenters. The van der Waals surface area contributed by atoms with Crippen LogP contribution in [0.25, 0.3) is 0 Å². The molecular weight excluding hydrogens is 312 g/mol. The molecule has 1 aliphatic carbocycles. The third-order valence-corrected chi connectivity index (χ3v) is 4.21. The maximum absolute atomic E-state index is 6.27. The number of benzene rings is 1. The van der Waals surface area contributed by atoms with Gasteiger partial charge in [0, 0.05) is 17.6 Å². The van der Waals surface area contributed by atoms with Gasteiger partial charge in [-0.05, 0) is 38.1 Å². The van der Waals surface area contributed by atoms with Crippen molar-refractivity contribution in [3.63, 3.8) is 0 Å². The van der Waals surface area contributed by atoms with Gasteiger partial charge in [-0.15, -0.1) is 0 Å². The molecule has 2 nitrogen and oxygen atoms in total. The molecule has 0 amide bonds. The highest BCUT2D eigenvalue weighted by Crippen LogP contribution is 2.32. The molecule has 4 heteroatoms. The van der Waals surface area contributed by atoms with Crippen LogP contribution in [0.5, 0.6) is 0 Å². The van der Waals surface area contributed by atoms with Crippen LogP contribution < -0.4 is 10.6 Å². The molecule has 0 aliphatic heterocycles. The molecule has 18 heavy (non-hydrogen) atoms. The molecule has 0 spiro atoms. The number of nitrogens with zero attached hydrogens (tertiary/aromatic N) is 1. The number of anilines is 1. The minimum atomic E-state index is 0.660. The second-order valence-corrected chi connectivity index (χ2v) is 5.82. The summed E-state index contributed by atoms with van der Waals surface area (Å²) in [6.45, 7) is 0. The topological polar surface area (TPSA) is 29.3 Å². The van der Waals surface area contributed by atoms with E-state index >= 15 is 0 Å². The molecule has 0 heterocycles. The van der Waals surface area contributed by atoms with Crippen molar-refractivity contribution in [2.24, 2.45) is 5.73 Å². The van der Waals surface area contributed by atoms with Crippen LogP contribution in [-0.4, -0.2) is 20.1 Å². The Morgan fingerprint density at radius 3 is 2.39 bits per heavy atom. The van der Waals surface area contributed by atoms with Crippen molar-refractivity contribution in [1.82, 2.24) is 0 Å². The minimum Gasteiger partial charge on any atom is -0.370 e. The lowest BCUT2D eigenvalue weighted by Crippen LogP contribution is -2.33. The molecule has 0 unspecified atom stereocenters. The van der Waals surface area contributed by atoms with Crippen LogP contribution in [0.4, 0.5) is 5.69 Å². The highest BCUT2D eigenvalue weighted by molar-refractivity contribution is 9.10. The third-order valence-electron chi connectivity index (χ3n) is 3.41. The Morgan fingerprint density at radius 2 is 1.83 bits per heavy atom. The van der Waals surface area contributed by atoms with E-state index in [0.29, 0.717) is 6.04 Å². The molecule has 1 saturated carbocycles. The summed E-state index contributed by atoms with van der Waals surface area (Å²) in [7, 11) is 3.66. The smallest absolute Gasteiger partial charge is 0.0650 e. The molecule has 0 radical (unpaired) electrons. The number of hydrogen-bond acceptors (Lipinski definition) is 2. The standard InChI is InChI=1S/C13H17BrClN.CH5N/c1-16(11-5-3-2-4-6-11)13-8-7-10(14)9-12(13)15;1-2/h7-9,11H,2-6H2,1H3;2H2,1H3. The summed E-state index contributed by atoms with van der Waals surface area (Å²) in [6, 6.07) is 6.78. The van der Waals surface area contributed by atoms with Gasteiger partial charge in [0.2, 0.25) is 0 Å². The first-order chi connectivity index (χ1) is 8.68. The Labute approximate surface area is 124 Å². The molecule has 1 aliphatic rings. The van der Waals surface area contributed by atoms with Gasteiger partial charge in [-0.1, -0.05) is 46.8 Å². The number of halogens is 2. The van der Waals surface area contributed by atoms with E-state index in [1.165, 1.54) is 39.2 Å². The summed E-state index contributed by atoms with van der Waals surface area (Å²) in [6.07, 6.45) is 6.68. The normalized spacial score (nSPS) is 15.8. The molecule has 102 valence electrons. The van der Waals surface area contributed by atoms with E-state index in [2.05, 4.69) is 45.7 Å². The van der Waals surface area contributed by atoms with Crippen molar-refractivity contribution < 1.29 is 0 Å². The largest absolute Gasteiger partial charge is 0.370 e. The summed E-state index contributed by atoms with van der Waals surface area (Å²) in [5, 5.41) is 0.836. The van der Waals surface area contributed by atoms with Crippen LogP contribution in [0.2, 0.25) is 5.02 Å². The summed E-state index contributed by atoms with van der Waals surface area (Å²) >= 11 is 9.71. The van der Waals surface area contributed by atoms with Crippen LogP contribution >= 0.6 is 27.5 Å². The van der Waals surface area contributed by atoms with E-state index in [4.69, 9.17) is 11.6 Å². The van der Waals surface area contributed by atoms with Crippen LogP contribution in [0.1, 0.15) is 32.1 Å². The fourth-order valence-corrected chi connectivity index (χ4v) is 3.24. The predicted octanol–water partition coefficient (Wildman–Crippen LogP) is 4.45. The van der Waals surface area contributed by atoms with Crippen LogP contribution in [0.15, 0.2) is 22.7 Å². The Kier molecular flexibility index (Phi) is 7.05. The molecular formula is C14H22BrClN2. The first-order valence-electron chi connectivity index (χ1n) is 6.44. The van der Waals surface area contributed by atoms with Crippen molar-refractivity contribution in [2.75, 3.05) is 19.0 Å². The zero-order valence-electron chi connectivity index (χ0n) is 11.1. The molecule has 1 aromatic rings. The molecule has 2 N–H and O–H groups in total. The quantitative estimate of drug-likeness (QED) is 0.866. The molecule has 0 aromatic heterocycles. The van der Waals surface area contributed by atoms with Crippen LogP contribution in [-0.2, 0) is 0 Å². The lowest BCUT2D eigenvalue weighted by molar-refractivity contribution is 0.427. The summed E-state index contributed by atoms with van der Waals surface area (Å²) < 4.78 is 1.04. The first-order valence-corrected chi connectivity index (χ1v) is 7.61. The van der Waals surface area contributed by atoms with Crippen LogP contribution in [0, 0.1) is 0 Å². The van der Waals surface area contributed by atoms with Gasteiger partial charge in [0.1, 0.15) is 0 Å². The van der Waals surface area contributed by atoms with Gasteiger partial charge >= 0.3 is 0 Å². The number of hydrogen-bond donors (Lipinski definition) is 1. The molecule has 0 bridgehead atoms. The van der Waals surface area contributed by atoms with Gasteiger partial charge in [0.15, 0.2) is 0 Å². The molecule has 2 rings (SSSR count). The average Bonchev–Trinajstić information content (AvgIpc) is 2.41. The Balaban J connectivity index is 0.000000771. The van der Waals surface area contributed by atoms with E-state index in [0.717, 1.165) is 15.2 Å². The fourth-order valence-electron chi connectivity index (χ4n) is 2.43. The van der Waals surface area contributed by atoms with Gasteiger partial charge in [-0.25, -0.2) is 0 Å². The van der Waals surface area contributed by atoms with E-state index in [9.17, 15) is 0 Å². The first kappa shape index (κ1) is 15.8. The third kappa shape index (κ3) is 4.15. The van der Waals surface area contributed by atoms with E-state index in [1.54, 1.807) is 0 Å². The van der Waals surface area contributed by atoms with E-state index in [1.807, 2.05) is 6.07 Å². The summed E-state index contributed by atoms with van der Waals surface area (Å²) in [5.74, 6) is 0. The highest BCUT2D eigenvalue weighted by Gasteiger charge is 2.19. The lowest BCUT2D eigenvalue weighted by Gasteiger charge is -2.33. The van der Waals surface area contributed by atoms with Crippen molar-refractivity contribution in [3.8, 4) is 0 Å².